The number of thioether (sulfide) groups is 1. The summed E-state index contributed by atoms with van der Waals surface area (Å²) in [5.74, 6) is 2.13. The first-order valence-electron chi connectivity index (χ1n) is 9.15. The number of carbonyl (C=O) groups excluding carboxylic acids is 2. The quantitative estimate of drug-likeness (QED) is 0.739. The maximum absolute atomic E-state index is 12.5. The molecule has 0 spiro atoms. The van der Waals surface area contributed by atoms with E-state index >= 15 is 0 Å². The van der Waals surface area contributed by atoms with E-state index in [1.165, 1.54) is 5.56 Å². The Hall–Kier alpha value is -1.69. The van der Waals surface area contributed by atoms with Crippen molar-refractivity contribution in [2.75, 3.05) is 18.2 Å². The van der Waals surface area contributed by atoms with Crippen molar-refractivity contribution in [1.29, 1.82) is 0 Å². The van der Waals surface area contributed by atoms with E-state index in [4.69, 9.17) is 4.74 Å². The van der Waals surface area contributed by atoms with Gasteiger partial charge in [-0.25, -0.2) is 0 Å². The third-order valence-corrected chi connectivity index (χ3v) is 5.06. The topological polar surface area (TPSA) is 58.6 Å². The molecule has 26 heavy (non-hydrogen) atoms. The number of nitrogens with zero attached hydrogens (tertiary/aromatic N) is 1. The Kier molecular flexibility index (Phi) is 7.38. The number of amides is 2. The van der Waals surface area contributed by atoms with Crippen LogP contribution in [0.1, 0.15) is 45.6 Å². The molecule has 1 heterocycles. The Morgan fingerprint density at radius 2 is 2.08 bits per heavy atom. The zero-order valence-corrected chi connectivity index (χ0v) is 17.0. The molecular weight excluding hydrogens is 348 g/mol. The number of hydrogen-bond donors (Lipinski definition) is 1. The fraction of sp³-hybridized carbons (Fsp3) is 0.600. The molecule has 144 valence electrons. The molecule has 1 N–H and O–H groups in total. The summed E-state index contributed by atoms with van der Waals surface area (Å²) in [6.45, 7) is 8.49. The molecule has 0 saturated carbocycles. The minimum absolute atomic E-state index is 0.0552. The Labute approximate surface area is 160 Å². The van der Waals surface area contributed by atoms with E-state index in [0.717, 1.165) is 18.6 Å². The Bertz CT molecular complexity index is 628. The highest BCUT2D eigenvalue weighted by Crippen LogP contribution is 2.23. The van der Waals surface area contributed by atoms with Crippen molar-refractivity contribution in [2.45, 2.75) is 58.5 Å². The van der Waals surface area contributed by atoms with E-state index in [0.29, 0.717) is 24.7 Å². The highest BCUT2D eigenvalue weighted by molar-refractivity contribution is 7.99. The molecule has 1 aliphatic rings. The summed E-state index contributed by atoms with van der Waals surface area (Å²) in [4.78, 5) is 26.6. The summed E-state index contributed by atoms with van der Waals surface area (Å²) in [5, 5.41) is 2.98. The van der Waals surface area contributed by atoms with Crippen molar-refractivity contribution >= 4 is 23.6 Å². The molecule has 1 aromatic rings. The Morgan fingerprint density at radius 1 is 1.31 bits per heavy atom. The fourth-order valence-corrected chi connectivity index (χ4v) is 3.96. The first kappa shape index (κ1) is 20.6. The van der Waals surface area contributed by atoms with E-state index in [1.807, 2.05) is 52.0 Å². The molecule has 0 radical (unpaired) electrons. The van der Waals surface area contributed by atoms with Crippen LogP contribution in [0.4, 0.5) is 0 Å². The van der Waals surface area contributed by atoms with Gasteiger partial charge >= 0.3 is 0 Å². The van der Waals surface area contributed by atoms with Crippen LogP contribution in [0.25, 0.3) is 0 Å². The summed E-state index contributed by atoms with van der Waals surface area (Å²) in [5.41, 5.74) is 0.885. The molecule has 1 unspecified atom stereocenters. The predicted octanol–water partition coefficient (Wildman–Crippen LogP) is 3.36. The lowest BCUT2D eigenvalue weighted by molar-refractivity contribution is -0.138. The molecule has 1 aliphatic heterocycles. The molecule has 2 rings (SSSR count). The lowest BCUT2D eigenvalue weighted by Crippen LogP contribution is -2.52. The van der Waals surface area contributed by atoms with E-state index in [9.17, 15) is 9.59 Å². The maximum atomic E-state index is 12.5. The molecule has 0 aromatic heterocycles. The molecule has 5 nitrogen and oxygen atoms in total. The van der Waals surface area contributed by atoms with E-state index < -0.39 is 0 Å². The second kappa shape index (κ2) is 9.31. The first-order chi connectivity index (χ1) is 12.3. The second-order valence-corrected chi connectivity index (χ2v) is 8.74. The summed E-state index contributed by atoms with van der Waals surface area (Å²) >= 11 is 1.63. The van der Waals surface area contributed by atoms with Crippen LogP contribution >= 0.6 is 11.8 Å². The van der Waals surface area contributed by atoms with Gasteiger partial charge < -0.3 is 15.0 Å². The molecule has 2 amide bonds. The van der Waals surface area contributed by atoms with Crippen molar-refractivity contribution in [3.8, 4) is 5.75 Å². The van der Waals surface area contributed by atoms with E-state index in [1.54, 1.807) is 16.7 Å². The maximum Gasteiger partial charge on any atom is 0.244 e. The molecule has 0 bridgehead atoms. The van der Waals surface area contributed by atoms with Gasteiger partial charge in [-0.05, 0) is 58.2 Å². The van der Waals surface area contributed by atoms with Gasteiger partial charge in [-0.1, -0.05) is 12.1 Å². The van der Waals surface area contributed by atoms with Crippen molar-refractivity contribution in [2.24, 2.45) is 0 Å². The van der Waals surface area contributed by atoms with Crippen LogP contribution in [0.3, 0.4) is 0 Å². The Balaban J connectivity index is 1.72. The number of unbranched alkanes of at least 4 members (excludes halogenated alkanes) is 1. The van der Waals surface area contributed by atoms with Crippen LogP contribution in [-0.2, 0) is 9.59 Å². The predicted molar refractivity (Wildman–Crippen MR) is 106 cm³/mol. The zero-order chi connectivity index (χ0) is 19.2. The van der Waals surface area contributed by atoms with Gasteiger partial charge in [-0.15, -0.1) is 11.8 Å². The molecular formula is C20H30N2O3S. The first-order valence-corrected chi connectivity index (χ1v) is 10.3. The van der Waals surface area contributed by atoms with Crippen LogP contribution in [0.5, 0.6) is 5.75 Å². The molecule has 1 saturated heterocycles. The standard InChI is InChI=1S/C20H30N2O3S/c1-15-8-7-9-16(12-15)25-11-6-5-10-18(23)22-14-26-13-17(22)19(24)21-20(2,3)4/h7-9,12,17H,5-6,10-11,13-14H2,1-4H3,(H,21,24). The number of carbonyl (C=O) groups is 2. The van der Waals surface area contributed by atoms with Gasteiger partial charge in [0.25, 0.3) is 0 Å². The number of aryl methyl sites for hydroxylation is 1. The van der Waals surface area contributed by atoms with Gasteiger partial charge in [0.15, 0.2) is 0 Å². The van der Waals surface area contributed by atoms with Gasteiger partial charge in [0.05, 0.1) is 12.5 Å². The second-order valence-electron chi connectivity index (χ2n) is 7.74. The van der Waals surface area contributed by atoms with Crippen LogP contribution in [0.15, 0.2) is 24.3 Å². The number of rotatable bonds is 7. The summed E-state index contributed by atoms with van der Waals surface area (Å²) in [6, 6.07) is 7.60. The van der Waals surface area contributed by atoms with E-state index in [-0.39, 0.29) is 23.4 Å². The van der Waals surface area contributed by atoms with Crippen LogP contribution in [0, 0.1) is 6.92 Å². The van der Waals surface area contributed by atoms with Crippen molar-refractivity contribution in [1.82, 2.24) is 10.2 Å². The van der Waals surface area contributed by atoms with Crippen LogP contribution in [-0.4, -0.2) is 46.5 Å². The van der Waals surface area contributed by atoms with E-state index in [2.05, 4.69) is 5.32 Å². The van der Waals surface area contributed by atoms with Gasteiger partial charge in [-0.3, -0.25) is 9.59 Å². The lowest BCUT2D eigenvalue weighted by atomic mass is 10.1. The number of benzene rings is 1. The zero-order valence-electron chi connectivity index (χ0n) is 16.2. The minimum Gasteiger partial charge on any atom is -0.494 e. The average Bonchev–Trinajstić information content (AvgIpc) is 3.02. The number of ether oxygens (including phenoxy) is 1. The van der Waals surface area contributed by atoms with Gasteiger partial charge in [0.1, 0.15) is 11.8 Å². The third kappa shape index (κ3) is 6.56. The molecule has 0 aliphatic carbocycles. The van der Waals surface area contributed by atoms with Crippen molar-refractivity contribution < 1.29 is 14.3 Å². The van der Waals surface area contributed by atoms with Gasteiger partial charge in [0.2, 0.25) is 11.8 Å². The van der Waals surface area contributed by atoms with Gasteiger partial charge in [0, 0.05) is 17.7 Å². The highest BCUT2D eigenvalue weighted by atomic mass is 32.2. The number of hydrogen-bond acceptors (Lipinski definition) is 4. The minimum atomic E-state index is -0.352. The molecule has 1 aromatic carbocycles. The largest absolute Gasteiger partial charge is 0.494 e. The normalized spacial score (nSPS) is 17.2. The molecule has 6 heteroatoms. The SMILES string of the molecule is Cc1cccc(OCCCCC(=O)N2CSCC2C(=O)NC(C)(C)C)c1. The van der Waals surface area contributed by atoms with Crippen LogP contribution < -0.4 is 10.1 Å². The average molecular weight is 379 g/mol. The summed E-state index contributed by atoms with van der Waals surface area (Å²) < 4.78 is 5.72. The third-order valence-electron chi connectivity index (χ3n) is 4.05. The number of nitrogens with one attached hydrogen (secondary N) is 1. The lowest BCUT2D eigenvalue weighted by Gasteiger charge is -2.27. The smallest absolute Gasteiger partial charge is 0.244 e. The highest BCUT2D eigenvalue weighted by Gasteiger charge is 2.35. The summed E-state index contributed by atoms with van der Waals surface area (Å²) in [6.07, 6.45) is 2.04. The Morgan fingerprint density at radius 3 is 2.77 bits per heavy atom. The van der Waals surface area contributed by atoms with Crippen molar-refractivity contribution in [3.05, 3.63) is 29.8 Å². The van der Waals surface area contributed by atoms with Crippen molar-refractivity contribution in [3.63, 3.8) is 0 Å². The molecule has 1 fully saturated rings. The monoisotopic (exact) mass is 378 g/mol. The van der Waals surface area contributed by atoms with Gasteiger partial charge in [-0.2, -0.15) is 0 Å². The fourth-order valence-electron chi connectivity index (χ4n) is 2.78. The summed E-state index contributed by atoms with van der Waals surface area (Å²) in [7, 11) is 0. The molecule has 1 atom stereocenters. The van der Waals surface area contributed by atoms with Crippen LogP contribution in [0.2, 0.25) is 0 Å².